The Labute approximate surface area is 310 Å². The van der Waals surface area contributed by atoms with Crippen LogP contribution in [0.1, 0.15) is 262 Å². The molecule has 0 fully saturated rings. The van der Waals surface area contributed by atoms with Crippen molar-refractivity contribution in [3.8, 4) is 0 Å². The summed E-state index contributed by atoms with van der Waals surface area (Å²) in [7, 11) is 0. The largest absolute Gasteiger partial charge is 1.00 e. The summed E-state index contributed by atoms with van der Waals surface area (Å²) in [6.07, 6.45) is 45.8. The Balaban J connectivity index is -0.000000101. The molecule has 0 spiro atoms. The average Bonchev–Trinajstić information content (AvgIpc) is 2.97. The maximum Gasteiger partial charge on any atom is 1.00 e. The minimum atomic E-state index is 0. The molecule has 0 saturated heterocycles. The molecule has 0 aromatic carbocycles. The van der Waals surface area contributed by atoms with Crippen LogP contribution in [-0.4, -0.2) is 0 Å². The SMILES string of the molecule is CCCCCCCCCC.CCCCCCCCCC.CCCCCCCCCC.CCCCCCCCCC.[H-].[K+]. The molecule has 0 heterocycles. The fourth-order valence-corrected chi connectivity index (χ4v) is 4.83. The van der Waals surface area contributed by atoms with Crippen molar-refractivity contribution in [3.63, 3.8) is 0 Å². The molecular weight excluding hydrogens is 520 g/mol. The zero-order valence-corrected chi connectivity index (χ0v) is 34.8. The van der Waals surface area contributed by atoms with Crippen molar-refractivity contribution in [1.82, 2.24) is 0 Å². The Morgan fingerprint density at radius 3 is 0.317 bits per heavy atom. The van der Waals surface area contributed by atoms with Gasteiger partial charge < -0.3 is 1.43 Å². The van der Waals surface area contributed by atoms with Gasteiger partial charge >= 0.3 is 51.4 Å². The van der Waals surface area contributed by atoms with Gasteiger partial charge in [0.05, 0.1) is 0 Å². The molecule has 41 heavy (non-hydrogen) atoms. The van der Waals surface area contributed by atoms with Crippen LogP contribution in [0.5, 0.6) is 0 Å². The average molecular weight is 609 g/mol. The van der Waals surface area contributed by atoms with E-state index in [9.17, 15) is 0 Å². The molecule has 0 saturated carbocycles. The fraction of sp³-hybridized carbons (Fsp3) is 1.00. The van der Waals surface area contributed by atoms with Crippen LogP contribution in [0.15, 0.2) is 0 Å². The normalized spacial score (nSPS) is 9.95. The third kappa shape index (κ3) is 74.5. The van der Waals surface area contributed by atoms with E-state index < -0.39 is 0 Å². The monoisotopic (exact) mass is 609 g/mol. The summed E-state index contributed by atoms with van der Waals surface area (Å²) in [4.78, 5) is 0. The van der Waals surface area contributed by atoms with Crippen LogP contribution in [0.25, 0.3) is 0 Å². The topological polar surface area (TPSA) is 0 Å². The van der Waals surface area contributed by atoms with Gasteiger partial charge in [0.15, 0.2) is 0 Å². The van der Waals surface area contributed by atoms with Crippen LogP contribution in [0.3, 0.4) is 0 Å². The summed E-state index contributed by atoms with van der Waals surface area (Å²) >= 11 is 0. The minimum absolute atomic E-state index is 0. The smallest absolute Gasteiger partial charge is 1.00 e. The number of rotatable bonds is 28. The maximum atomic E-state index is 2.27. The van der Waals surface area contributed by atoms with Gasteiger partial charge in [-0.3, -0.25) is 0 Å². The first kappa shape index (κ1) is 52.2. The van der Waals surface area contributed by atoms with Crippen LogP contribution in [0.2, 0.25) is 0 Å². The third-order valence-electron chi connectivity index (χ3n) is 7.83. The molecule has 0 nitrogen and oxygen atoms in total. The van der Waals surface area contributed by atoms with Crippen LogP contribution >= 0.6 is 0 Å². The first-order valence-electron chi connectivity index (χ1n) is 19.7. The van der Waals surface area contributed by atoms with E-state index >= 15 is 0 Å². The van der Waals surface area contributed by atoms with E-state index in [2.05, 4.69) is 55.4 Å². The van der Waals surface area contributed by atoms with Gasteiger partial charge in [-0.1, -0.05) is 261 Å². The summed E-state index contributed by atoms with van der Waals surface area (Å²) in [6.45, 7) is 18.2. The van der Waals surface area contributed by atoms with Crippen molar-refractivity contribution in [2.45, 2.75) is 261 Å². The molecule has 0 rings (SSSR count). The minimum Gasteiger partial charge on any atom is -1.00 e. The number of hydrogen-bond acceptors (Lipinski definition) is 0. The zero-order valence-electron chi connectivity index (χ0n) is 32.6. The zero-order chi connectivity index (χ0) is 30.6. The van der Waals surface area contributed by atoms with Gasteiger partial charge in [0, 0.05) is 0 Å². The van der Waals surface area contributed by atoms with Crippen molar-refractivity contribution in [1.29, 1.82) is 0 Å². The molecule has 0 bridgehead atoms. The molecule has 0 radical (unpaired) electrons. The Bertz CT molecular complexity index is 238. The third-order valence-corrected chi connectivity index (χ3v) is 7.83. The molecule has 0 aliphatic carbocycles. The standard InChI is InChI=1S/4C10H22.K.H/c4*1-3-5-7-9-10-8-6-4-2;;/h4*3-10H2,1-2H3;;/q;;;;+1;-1. The van der Waals surface area contributed by atoms with Gasteiger partial charge in [0.1, 0.15) is 0 Å². The van der Waals surface area contributed by atoms with E-state index in [0.717, 1.165) is 0 Å². The summed E-state index contributed by atoms with van der Waals surface area (Å²) < 4.78 is 0. The molecule has 0 aliphatic rings. The van der Waals surface area contributed by atoms with E-state index in [1.807, 2.05) is 0 Å². The van der Waals surface area contributed by atoms with Crippen LogP contribution in [0.4, 0.5) is 0 Å². The quantitative estimate of drug-likeness (QED) is 0.0612. The van der Waals surface area contributed by atoms with Crippen molar-refractivity contribution >= 4 is 0 Å². The molecule has 0 aromatic rings. The fourth-order valence-electron chi connectivity index (χ4n) is 4.83. The maximum absolute atomic E-state index is 2.27. The Kier molecular flexibility index (Phi) is 77.3. The second kappa shape index (κ2) is 60.8. The first-order chi connectivity index (χ1) is 19.7. The van der Waals surface area contributed by atoms with Gasteiger partial charge in [-0.25, -0.2) is 0 Å². The molecule has 250 valence electrons. The molecule has 0 unspecified atom stereocenters. The van der Waals surface area contributed by atoms with E-state index in [4.69, 9.17) is 0 Å². The van der Waals surface area contributed by atoms with Gasteiger partial charge in [0.2, 0.25) is 0 Å². The van der Waals surface area contributed by atoms with Crippen molar-refractivity contribution < 1.29 is 52.8 Å². The van der Waals surface area contributed by atoms with Crippen LogP contribution < -0.4 is 51.4 Å². The Hall–Kier alpha value is 1.64. The molecule has 0 aromatic heterocycles. The van der Waals surface area contributed by atoms with Gasteiger partial charge in [0.25, 0.3) is 0 Å². The van der Waals surface area contributed by atoms with Crippen LogP contribution in [0, 0.1) is 0 Å². The number of unbranched alkanes of at least 4 members (excludes halogenated alkanes) is 28. The van der Waals surface area contributed by atoms with E-state index in [1.165, 1.54) is 205 Å². The molecule has 0 N–H and O–H groups in total. The number of hydrogen-bond donors (Lipinski definition) is 0. The second-order valence-corrected chi connectivity index (χ2v) is 12.5. The summed E-state index contributed by atoms with van der Waals surface area (Å²) in [5.74, 6) is 0. The summed E-state index contributed by atoms with van der Waals surface area (Å²) in [5.41, 5.74) is 0. The van der Waals surface area contributed by atoms with Crippen molar-refractivity contribution in [2.24, 2.45) is 0 Å². The summed E-state index contributed by atoms with van der Waals surface area (Å²) in [5, 5.41) is 0. The van der Waals surface area contributed by atoms with E-state index in [1.54, 1.807) is 0 Å². The van der Waals surface area contributed by atoms with Gasteiger partial charge in [-0.2, -0.15) is 0 Å². The van der Waals surface area contributed by atoms with Crippen molar-refractivity contribution in [3.05, 3.63) is 0 Å². The first-order valence-corrected chi connectivity index (χ1v) is 19.7. The van der Waals surface area contributed by atoms with E-state index in [-0.39, 0.29) is 52.8 Å². The predicted molar refractivity (Wildman–Crippen MR) is 194 cm³/mol. The predicted octanol–water partition coefficient (Wildman–Crippen LogP) is 13.7. The van der Waals surface area contributed by atoms with Crippen molar-refractivity contribution in [2.75, 3.05) is 0 Å². The van der Waals surface area contributed by atoms with Gasteiger partial charge in [-0.15, -0.1) is 0 Å². The Morgan fingerprint density at radius 2 is 0.244 bits per heavy atom. The molecule has 0 atom stereocenters. The second-order valence-electron chi connectivity index (χ2n) is 12.5. The summed E-state index contributed by atoms with van der Waals surface area (Å²) in [6, 6.07) is 0. The Morgan fingerprint density at radius 1 is 0.171 bits per heavy atom. The van der Waals surface area contributed by atoms with Gasteiger partial charge in [-0.05, 0) is 0 Å². The molecule has 0 aliphatic heterocycles. The van der Waals surface area contributed by atoms with E-state index in [0.29, 0.717) is 0 Å². The molecule has 0 amide bonds. The molecular formula is C40H89K. The van der Waals surface area contributed by atoms with Crippen LogP contribution in [-0.2, 0) is 0 Å². The molecule has 1 heteroatoms.